The summed E-state index contributed by atoms with van der Waals surface area (Å²) in [6, 6.07) is 8.93. The van der Waals surface area contributed by atoms with E-state index in [1.165, 1.54) is 11.1 Å². The molecule has 24 heavy (non-hydrogen) atoms. The van der Waals surface area contributed by atoms with Crippen molar-refractivity contribution in [2.45, 2.75) is 32.9 Å². The van der Waals surface area contributed by atoms with Crippen molar-refractivity contribution in [2.75, 3.05) is 20.1 Å². The van der Waals surface area contributed by atoms with Gasteiger partial charge in [0, 0.05) is 39.1 Å². The first-order valence-corrected chi connectivity index (χ1v) is 8.66. The third kappa shape index (κ3) is 3.61. The monoisotopic (exact) mass is 325 g/mol. The molecule has 2 aromatic rings. The van der Waals surface area contributed by atoms with E-state index in [9.17, 15) is 0 Å². The van der Waals surface area contributed by atoms with Crippen molar-refractivity contribution in [1.29, 1.82) is 0 Å². The molecular formula is C19H27N5. The molecule has 2 atom stereocenters. The van der Waals surface area contributed by atoms with Gasteiger partial charge in [0.15, 0.2) is 5.96 Å². The number of aliphatic imine (C=N–C) groups is 1. The van der Waals surface area contributed by atoms with Crippen LogP contribution >= 0.6 is 0 Å². The SMILES string of the molecule is CN=C(NCc1ccccc1C)N1CCC(C)C(n2ccnc2)C1. The highest BCUT2D eigenvalue weighted by Gasteiger charge is 2.28. The van der Waals surface area contributed by atoms with Crippen molar-refractivity contribution in [3.05, 3.63) is 54.1 Å². The Morgan fingerprint density at radius 3 is 2.92 bits per heavy atom. The number of hydrogen-bond acceptors (Lipinski definition) is 2. The average Bonchev–Trinajstić information content (AvgIpc) is 3.12. The summed E-state index contributed by atoms with van der Waals surface area (Å²) in [5.41, 5.74) is 2.62. The second-order valence-corrected chi connectivity index (χ2v) is 6.62. The molecule has 1 aliphatic heterocycles. The Balaban J connectivity index is 1.66. The van der Waals surface area contributed by atoms with E-state index in [1.54, 1.807) is 0 Å². The van der Waals surface area contributed by atoms with E-state index in [0.717, 1.165) is 32.0 Å². The van der Waals surface area contributed by atoms with Crippen molar-refractivity contribution < 1.29 is 0 Å². The van der Waals surface area contributed by atoms with Crippen LogP contribution in [0.4, 0.5) is 0 Å². The Hall–Kier alpha value is -2.30. The van der Waals surface area contributed by atoms with Gasteiger partial charge in [0.25, 0.3) is 0 Å². The summed E-state index contributed by atoms with van der Waals surface area (Å²) in [6.07, 6.45) is 7.01. The first kappa shape index (κ1) is 16.6. The van der Waals surface area contributed by atoms with E-state index < -0.39 is 0 Å². The summed E-state index contributed by atoms with van der Waals surface area (Å²) in [7, 11) is 1.87. The second kappa shape index (κ2) is 7.51. The summed E-state index contributed by atoms with van der Waals surface area (Å²) in [6.45, 7) is 7.29. The molecule has 3 rings (SSSR count). The number of benzene rings is 1. The average molecular weight is 325 g/mol. The van der Waals surface area contributed by atoms with Crippen LogP contribution in [0, 0.1) is 12.8 Å². The minimum atomic E-state index is 0.443. The van der Waals surface area contributed by atoms with Gasteiger partial charge in [-0.15, -0.1) is 0 Å². The first-order chi connectivity index (χ1) is 11.7. The molecule has 0 amide bonds. The van der Waals surface area contributed by atoms with Crippen molar-refractivity contribution in [2.24, 2.45) is 10.9 Å². The van der Waals surface area contributed by atoms with Gasteiger partial charge >= 0.3 is 0 Å². The molecule has 5 heteroatoms. The lowest BCUT2D eigenvalue weighted by Crippen LogP contribution is -2.48. The lowest BCUT2D eigenvalue weighted by atomic mass is 9.93. The van der Waals surface area contributed by atoms with E-state index >= 15 is 0 Å². The third-order valence-corrected chi connectivity index (χ3v) is 5.04. The van der Waals surface area contributed by atoms with Crippen molar-refractivity contribution in [3.8, 4) is 0 Å². The summed E-state index contributed by atoms with van der Waals surface area (Å²) in [5, 5.41) is 3.53. The van der Waals surface area contributed by atoms with Gasteiger partial charge in [-0.05, 0) is 30.4 Å². The number of likely N-dealkylation sites (tertiary alicyclic amines) is 1. The van der Waals surface area contributed by atoms with E-state index in [0.29, 0.717) is 12.0 Å². The predicted molar refractivity (Wildman–Crippen MR) is 98.0 cm³/mol. The van der Waals surface area contributed by atoms with Crippen molar-refractivity contribution >= 4 is 5.96 Å². The van der Waals surface area contributed by atoms with Gasteiger partial charge in [0.1, 0.15) is 0 Å². The molecule has 0 aliphatic carbocycles. The molecule has 1 aliphatic rings. The molecule has 1 fully saturated rings. The van der Waals surface area contributed by atoms with Gasteiger partial charge in [0.05, 0.1) is 12.4 Å². The zero-order valence-corrected chi connectivity index (χ0v) is 14.8. The van der Waals surface area contributed by atoms with Crippen LogP contribution in [0.1, 0.15) is 30.5 Å². The summed E-state index contributed by atoms with van der Waals surface area (Å²) >= 11 is 0. The molecule has 2 unspecified atom stereocenters. The molecule has 1 saturated heterocycles. The molecule has 2 heterocycles. The van der Waals surface area contributed by atoms with Gasteiger partial charge in [-0.1, -0.05) is 31.2 Å². The number of nitrogens with one attached hydrogen (secondary N) is 1. The standard InChI is InChI=1S/C19H27N5/c1-15-6-4-5-7-17(15)12-22-19(20-3)23-10-8-16(2)18(13-23)24-11-9-21-14-24/h4-7,9,11,14,16,18H,8,10,12-13H2,1-3H3,(H,20,22). The van der Waals surface area contributed by atoms with E-state index in [-0.39, 0.29) is 0 Å². The van der Waals surface area contributed by atoms with Crippen LogP contribution in [0.2, 0.25) is 0 Å². The van der Waals surface area contributed by atoms with E-state index in [2.05, 4.69) is 69.1 Å². The maximum atomic E-state index is 4.50. The van der Waals surface area contributed by atoms with Gasteiger partial charge in [-0.3, -0.25) is 4.99 Å². The predicted octanol–water partition coefficient (Wildman–Crippen LogP) is 2.85. The molecule has 0 spiro atoms. The Kier molecular flexibility index (Phi) is 5.18. The second-order valence-electron chi connectivity index (χ2n) is 6.62. The number of rotatable bonds is 3. The zero-order valence-electron chi connectivity index (χ0n) is 14.8. The highest BCUT2D eigenvalue weighted by atomic mass is 15.3. The molecule has 128 valence electrons. The maximum absolute atomic E-state index is 4.50. The van der Waals surface area contributed by atoms with Crippen molar-refractivity contribution in [3.63, 3.8) is 0 Å². The van der Waals surface area contributed by atoms with E-state index in [1.807, 2.05) is 19.6 Å². The number of guanidine groups is 1. The Labute approximate surface area is 144 Å². The van der Waals surface area contributed by atoms with Crippen LogP contribution in [-0.4, -0.2) is 40.5 Å². The van der Waals surface area contributed by atoms with Crippen LogP contribution in [0.5, 0.6) is 0 Å². The summed E-state index contributed by atoms with van der Waals surface area (Å²) in [5.74, 6) is 1.63. The van der Waals surface area contributed by atoms with Crippen LogP contribution in [0.25, 0.3) is 0 Å². The number of aryl methyl sites for hydroxylation is 1. The summed E-state index contributed by atoms with van der Waals surface area (Å²) < 4.78 is 2.23. The largest absolute Gasteiger partial charge is 0.352 e. The molecule has 0 saturated carbocycles. The number of imidazole rings is 1. The first-order valence-electron chi connectivity index (χ1n) is 8.66. The molecule has 0 radical (unpaired) electrons. The fraction of sp³-hybridized carbons (Fsp3) is 0.474. The summed E-state index contributed by atoms with van der Waals surface area (Å²) in [4.78, 5) is 11.1. The fourth-order valence-corrected chi connectivity index (χ4v) is 3.41. The Bertz CT molecular complexity index is 677. The fourth-order valence-electron chi connectivity index (χ4n) is 3.41. The molecule has 1 aromatic heterocycles. The molecule has 1 aromatic carbocycles. The normalized spacial score (nSPS) is 21.8. The number of aromatic nitrogens is 2. The molecular weight excluding hydrogens is 298 g/mol. The Morgan fingerprint density at radius 2 is 2.21 bits per heavy atom. The van der Waals surface area contributed by atoms with Gasteiger partial charge in [-0.25, -0.2) is 4.98 Å². The van der Waals surface area contributed by atoms with Gasteiger partial charge < -0.3 is 14.8 Å². The maximum Gasteiger partial charge on any atom is 0.193 e. The topological polar surface area (TPSA) is 45.5 Å². The molecule has 1 N–H and O–H groups in total. The minimum Gasteiger partial charge on any atom is -0.352 e. The van der Waals surface area contributed by atoms with E-state index in [4.69, 9.17) is 0 Å². The third-order valence-electron chi connectivity index (χ3n) is 5.04. The van der Waals surface area contributed by atoms with Crippen LogP contribution in [0.3, 0.4) is 0 Å². The lowest BCUT2D eigenvalue weighted by Gasteiger charge is -2.39. The zero-order chi connectivity index (χ0) is 16.9. The minimum absolute atomic E-state index is 0.443. The van der Waals surface area contributed by atoms with Crippen LogP contribution < -0.4 is 5.32 Å². The van der Waals surface area contributed by atoms with Gasteiger partial charge in [-0.2, -0.15) is 0 Å². The highest BCUT2D eigenvalue weighted by molar-refractivity contribution is 5.80. The lowest BCUT2D eigenvalue weighted by molar-refractivity contribution is 0.189. The van der Waals surface area contributed by atoms with Gasteiger partial charge in [0.2, 0.25) is 0 Å². The number of hydrogen-bond donors (Lipinski definition) is 1. The smallest absolute Gasteiger partial charge is 0.193 e. The van der Waals surface area contributed by atoms with Crippen molar-refractivity contribution in [1.82, 2.24) is 19.8 Å². The molecule has 0 bridgehead atoms. The Morgan fingerprint density at radius 1 is 1.38 bits per heavy atom. The number of nitrogens with zero attached hydrogens (tertiary/aromatic N) is 4. The van der Waals surface area contributed by atoms with Crippen LogP contribution in [0.15, 0.2) is 48.0 Å². The number of piperidine rings is 1. The quantitative estimate of drug-likeness (QED) is 0.697. The highest BCUT2D eigenvalue weighted by Crippen LogP contribution is 2.27. The van der Waals surface area contributed by atoms with Crippen LogP contribution in [-0.2, 0) is 6.54 Å². The molecule has 5 nitrogen and oxygen atoms in total.